The third kappa shape index (κ3) is 5.56. The van der Waals surface area contributed by atoms with Crippen LogP contribution in [-0.4, -0.2) is 75.8 Å². The maximum Gasteiger partial charge on any atom is 0.262 e. The molecular weight excluding hydrogens is 634 g/mol. The van der Waals surface area contributed by atoms with Crippen molar-refractivity contribution in [1.29, 1.82) is 0 Å². The summed E-state index contributed by atoms with van der Waals surface area (Å²) in [5.41, 5.74) is 7.94. The molecule has 1 aliphatic carbocycles. The number of anilines is 2. The maximum atomic E-state index is 13.4. The van der Waals surface area contributed by atoms with Gasteiger partial charge in [0.15, 0.2) is 0 Å². The molecule has 50 heavy (non-hydrogen) atoms. The predicted octanol–water partition coefficient (Wildman–Crippen LogP) is 4.74. The number of aromatic amines is 2. The van der Waals surface area contributed by atoms with E-state index in [-0.39, 0.29) is 35.3 Å². The van der Waals surface area contributed by atoms with E-state index in [4.69, 9.17) is 0 Å². The first kappa shape index (κ1) is 32.0. The van der Waals surface area contributed by atoms with Crippen molar-refractivity contribution in [2.75, 3.05) is 29.9 Å². The van der Waals surface area contributed by atoms with Gasteiger partial charge in [0, 0.05) is 66.5 Å². The number of rotatable bonds is 7. The Morgan fingerprint density at radius 1 is 1.00 bits per heavy atom. The third-order valence-corrected chi connectivity index (χ3v) is 11.1. The first-order valence-corrected chi connectivity index (χ1v) is 17.5. The Morgan fingerprint density at radius 2 is 1.82 bits per heavy atom. The largest absolute Gasteiger partial charge is 0.371 e. The number of imide groups is 2. The molecule has 5 heterocycles. The molecule has 2 aromatic heterocycles. The molecule has 4 aromatic rings. The smallest absolute Gasteiger partial charge is 0.262 e. The van der Waals surface area contributed by atoms with E-state index in [1.54, 1.807) is 17.0 Å². The van der Waals surface area contributed by atoms with Crippen molar-refractivity contribution >= 4 is 51.8 Å². The Balaban J connectivity index is 0.886. The van der Waals surface area contributed by atoms with E-state index >= 15 is 0 Å². The van der Waals surface area contributed by atoms with Crippen LogP contribution in [0.3, 0.4) is 0 Å². The number of nitrogens with zero attached hydrogens (tertiary/aromatic N) is 4. The monoisotopic (exact) mass is 675 g/mol. The van der Waals surface area contributed by atoms with Gasteiger partial charge in [0.1, 0.15) is 11.7 Å². The van der Waals surface area contributed by atoms with E-state index in [0.717, 1.165) is 83.8 Å². The minimum Gasteiger partial charge on any atom is -0.371 e. The summed E-state index contributed by atoms with van der Waals surface area (Å²) < 4.78 is 0. The van der Waals surface area contributed by atoms with Crippen LogP contribution in [0.25, 0.3) is 22.3 Å². The summed E-state index contributed by atoms with van der Waals surface area (Å²) in [7, 11) is 1.82. The van der Waals surface area contributed by atoms with Gasteiger partial charge in [0.05, 0.1) is 16.8 Å². The van der Waals surface area contributed by atoms with E-state index < -0.39 is 29.7 Å². The van der Waals surface area contributed by atoms with Gasteiger partial charge in [-0.1, -0.05) is 19.9 Å². The summed E-state index contributed by atoms with van der Waals surface area (Å²) >= 11 is 0. The van der Waals surface area contributed by atoms with Gasteiger partial charge in [0.25, 0.3) is 11.8 Å². The summed E-state index contributed by atoms with van der Waals surface area (Å²) in [6.07, 6.45) is 5.40. The fourth-order valence-corrected chi connectivity index (χ4v) is 8.12. The van der Waals surface area contributed by atoms with Crippen molar-refractivity contribution in [2.45, 2.75) is 71.3 Å². The number of hydrogen-bond donors (Lipinski definition) is 3. The number of fused-ring (bicyclic) bond motifs is 3. The number of benzene rings is 2. The fourth-order valence-electron chi connectivity index (χ4n) is 8.12. The van der Waals surface area contributed by atoms with Crippen LogP contribution >= 0.6 is 0 Å². The Kier molecular flexibility index (Phi) is 7.65. The first-order chi connectivity index (χ1) is 24.0. The number of aromatic nitrogens is 3. The predicted molar refractivity (Wildman–Crippen MR) is 188 cm³/mol. The van der Waals surface area contributed by atoms with Gasteiger partial charge >= 0.3 is 0 Å². The second-order valence-electron chi connectivity index (χ2n) is 15.1. The molecular formula is C38H41N7O5. The molecule has 12 nitrogen and oxygen atoms in total. The van der Waals surface area contributed by atoms with Crippen molar-refractivity contribution in [3.63, 3.8) is 0 Å². The van der Waals surface area contributed by atoms with Gasteiger partial charge in [-0.15, -0.1) is 0 Å². The number of piperidine rings is 1. The normalized spacial score (nSPS) is 21.5. The number of hydrogen-bond acceptors (Lipinski definition) is 7. The zero-order chi connectivity index (χ0) is 34.9. The molecule has 3 aliphatic heterocycles. The molecule has 2 atom stereocenters. The lowest BCUT2D eigenvalue weighted by Crippen LogP contribution is -2.54. The number of nitrogens with one attached hydrogen (secondary N) is 3. The SMILES string of the molecule is CN(C(=O)CCC1CCN(c2ccc3c(c2)C(=O)N(C2CCC(=O)NC2=O)C3=O)C1)c1ccc2cc(-c3n[nH]c4c3CCC(C)(C)C4)[nH]c2c1. The van der Waals surface area contributed by atoms with Gasteiger partial charge in [-0.05, 0) is 86.3 Å². The fraction of sp³-hybridized carbons (Fsp3) is 0.421. The molecule has 258 valence electrons. The molecule has 0 spiro atoms. The number of carbonyl (C=O) groups is 5. The van der Waals surface area contributed by atoms with Crippen LogP contribution in [0.5, 0.6) is 0 Å². The summed E-state index contributed by atoms with van der Waals surface area (Å²) in [5, 5.41) is 11.2. The van der Waals surface area contributed by atoms with E-state index in [2.05, 4.69) is 45.3 Å². The Labute approximate surface area is 289 Å². The van der Waals surface area contributed by atoms with E-state index in [9.17, 15) is 24.0 Å². The first-order valence-electron chi connectivity index (χ1n) is 17.5. The van der Waals surface area contributed by atoms with Gasteiger partial charge in [-0.3, -0.25) is 39.3 Å². The number of H-pyrrole nitrogens is 2. The van der Waals surface area contributed by atoms with E-state index in [1.165, 1.54) is 11.3 Å². The standard InChI is InChI=1S/C38H41N7O5/c1-38(2)14-12-26-30(19-38)41-42-34(26)29-16-22-5-6-23(18-28(22)39-29)43(3)33(47)11-4-21-13-15-44(20-21)24-7-8-25-27(17-24)37(50)45(36(25)49)31-9-10-32(46)40-35(31)48/h5-8,16-18,21,31,39H,4,9-15,19-20H2,1-3H3,(H,41,42)(H,40,46,48). The lowest BCUT2D eigenvalue weighted by atomic mass is 9.76. The number of carbonyl (C=O) groups excluding carboxylic acids is 5. The van der Waals surface area contributed by atoms with Gasteiger partial charge < -0.3 is 14.8 Å². The molecule has 2 unspecified atom stereocenters. The van der Waals surface area contributed by atoms with Crippen LogP contribution in [-0.2, 0) is 27.2 Å². The molecule has 2 saturated heterocycles. The second-order valence-corrected chi connectivity index (χ2v) is 15.1. The van der Waals surface area contributed by atoms with Gasteiger partial charge in [-0.2, -0.15) is 5.10 Å². The minimum atomic E-state index is -0.988. The molecule has 0 saturated carbocycles. The lowest BCUT2D eigenvalue weighted by molar-refractivity contribution is -0.136. The zero-order valence-electron chi connectivity index (χ0n) is 28.6. The van der Waals surface area contributed by atoms with Crippen molar-refractivity contribution in [3.8, 4) is 11.4 Å². The van der Waals surface area contributed by atoms with Crippen LogP contribution < -0.4 is 15.1 Å². The molecule has 3 N–H and O–H groups in total. The van der Waals surface area contributed by atoms with E-state index in [0.29, 0.717) is 12.3 Å². The second kappa shape index (κ2) is 12.0. The molecule has 2 fully saturated rings. The molecule has 0 radical (unpaired) electrons. The van der Waals surface area contributed by atoms with Crippen molar-refractivity contribution < 1.29 is 24.0 Å². The molecule has 5 amide bonds. The summed E-state index contributed by atoms with van der Waals surface area (Å²) in [4.78, 5) is 72.2. The average Bonchev–Trinajstić information content (AvgIpc) is 3.88. The van der Waals surface area contributed by atoms with Crippen LogP contribution in [0.1, 0.15) is 84.3 Å². The highest BCUT2D eigenvalue weighted by molar-refractivity contribution is 6.23. The topological polar surface area (TPSA) is 152 Å². The van der Waals surface area contributed by atoms with Crippen molar-refractivity contribution in [3.05, 3.63) is 64.8 Å². The van der Waals surface area contributed by atoms with Crippen molar-refractivity contribution in [2.24, 2.45) is 11.3 Å². The van der Waals surface area contributed by atoms with E-state index in [1.807, 2.05) is 31.3 Å². The van der Waals surface area contributed by atoms with Crippen molar-refractivity contribution in [1.82, 2.24) is 25.4 Å². The Hall–Kier alpha value is -5.26. The highest BCUT2D eigenvalue weighted by atomic mass is 16.2. The van der Waals surface area contributed by atoms with Crippen LogP contribution in [0.15, 0.2) is 42.5 Å². The summed E-state index contributed by atoms with van der Waals surface area (Å²) in [5.74, 6) is -1.69. The Morgan fingerprint density at radius 3 is 2.64 bits per heavy atom. The molecule has 12 heteroatoms. The quantitative estimate of drug-likeness (QED) is 0.239. The molecule has 0 bridgehead atoms. The molecule has 8 rings (SSSR count). The summed E-state index contributed by atoms with van der Waals surface area (Å²) in [6.45, 7) is 6.11. The average molecular weight is 676 g/mol. The highest BCUT2D eigenvalue weighted by Gasteiger charge is 2.45. The van der Waals surface area contributed by atoms with Crippen LogP contribution in [0.2, 0.25) is 0 Å². The van der Waals surface area contributed by atoms with Crippen LogP contribution in [0, 0.1) is 11.3 Å². The lowest BCUT2D eigenvalue weighted by Gasteiger charge is -2.28. The Bertz CT molecular complexity index is 2090. The van der Waals surface area contributed by atoms with Crippen LogP contribution in [0.4, 0.5) is 11.4 Å². The zero-order valence-corrected chi connectivity index (χ0v) is 28.6. The minimum absolute atomic E-state index is 0.0498. The third-order valence-electron chi connectivity index (χ3n) is 11.1. The molecule has 4 aliphatic rings. The number of amides is 5. The van der Waals surface area contributed by atoms with Gasteiger partial charge in [0.2, 0.25) is 17.7 Å². The van der Waals surface area contributed by atoms with Gasteiger partial charge in [-0.25, -0.2) is 0 Å². The maximum absolute atomic E-state index is 13.4. The summed E-state index contributed by atoms with van der Waals surface area (Å²) in [6, 6.07) is 12.4. The highest BCUT2D eigenvalue weighted by Crippen LogP contribution is 2.39. The molecule has 2 aromatic carbocycles.